The van der Waals surface area contributed by atoms with E-state index in [1.165, 1.54) is 0 Å². The van der Waals surface area contributed by atoms with Crippen LogP contribution in [0.4, 0.5) is 5.69 Å². The fourth-order valence-corrected chi connectivity index (χ4v) is 2.97. The van der Waals surface area contributed by atoms with Crippen LogP contribution in [0.3, 0.4) is 0 Å². The molecule has 0 spiro atoms. The number of hydrogen-bond donors (Lipinski definition) is 1. The van der Waals surface area contributed by atoms with Gasteiger partial charge in [0, 0.05) is 19.2 Å². The molecule has 140 valence electrons. The van der Waals surface area contributed by atoms with Gasteiger partial charge in [0.1, 0.15) is 12.4 Å². The van der Waals surface area contributed by atoms with Gasteiger partial charge in [-0.15, -0.1) is 0 Å². The Morgan fingerprint density at radius 2 is 1.78 bits per heavy atom. The van der Waals surface area contributed by atoms with Crippen molar-refractivity contribution < 1.29 is 9.59 Å². The van der Waals surface area contributed by atoms with Gasteiger partial charge in [0.05, 0.1) is 17.6 Å². The Labute approximate surface area is 158 Å². The van der Waals surface area contributed by atoms with Crippen LogP contribution in [-0.2, 0) is 22.7 Å². The molecule has 0 aliphatic rings. The minimum atomic E-state index is -0.0505. The first kappa shape index (κ1) is 18.6. The first-order valence-corrected chi connectivity index (χ1v) is 9.12. The number of nitrogens with zero attached hydrogens (tertiary/aromatic N) is 3. The van der Waals surface area contributed by atoms with Gasteiger partial charge in [0.2, 0.25) is 11.8 Å². The van der Waals surface area contributed by atoms with E-state index in [0.717, 1.165) is 23.1 Å². The maximum atomic E-state index is 12.8. The van der Waals surface area contributed by atoms with E-state index in [2.05, 4.69) is 10.3 Å². The van der Waals surface area contributed by atoms with Crippen molar-refractivity contribution in [2.75, 3.05) is 11.9 Å². The molecule has 0 unspecified atom stereocenters. The Kier molecular flexibility index (Phi) is 5.86. The summed E-state index contributed by atoms with van der Waals surface area (Å²) in [5, 5.41) is 2.89. The van der Waals surface area contributed by atoms with Crippen LogP contribution >= 0.6 is 0 Å². The maximum absolute atomic E-state index is 12.8. The van der Waals surface area contributed by atoms with Crippen molar-refractivity contribution in [3.63, 3.8) is 0 Å². The monoisotopic (exact) mass is 364 g/mol. The highest BCUT2D eigenvalue weighted by atomic mass is 16.2. The lowest BCUT2D eigenvalue weighted by Crippen LogP contribution is -2.31. The van der Waals surface area contributed by atoms with Crippen molar-refractivity contribution >= 4 is 28.5 Å². The van der Waals surface area contributed by atoms with Crippen LogP contribution in [0.5, 0.6) is 0 Å². The van der Waals surface area contributed by atoms with Gasteiger partial charge in [-0.1, -0.05) is 37.3 Å². The second-order valence-corrected chi connectivity index (χ2v) is 6.42. The zero-order chi connectivity index (χ0) is 19.2. The summed E-state index contributed by atoms with van der Waals surface area (Å²) in [6, 6.07) is 17.2. The van der Waals surface area contributed by atoms with Crippen LogP contribution in [-0.4, -0.2) is 28.4 Å². The standard InChI is InChI=1S/C21H24N4O2/c1-3-9-20(26)22-14-19-23-17-12-7-8-13-18(17)25(19)15-21(27)24(2)16-10-5-4-6-11-16/h4-8,10-13H,3,9,14-15H2,1-2H3,(H,22,26). The third kappa shape index (κ3) is 4.34. The predicted molar refractivity (Wildman–Crippen MR) is 106 cm³/mol. The lowest BCUT2D eigenvalue weighted by Gasteiger charge is -2.19. The van der Waals surface area contributed by atoms with Crippen LogP contribution in [0.2, 0.25) is 0 Å². The molecule has 0 atom stereocenters. The molecular formula is C21H24N4O2. The molecule has 27 heavy (non-hydrogen) atoms. The zero-order valence-corrected chi connectivity index (χ0v) is 15.7. The average Bonchev–Trinajstić information content (AvgIpc) is 3.04. The van der Waals surface area contributed by atoms with Crippen LogP contribution in [0.15, 0.2) is 54.6 Å². The van der Waals surface area contributed by atoms with Gasteiger partial charge in [-0.05, 0) is 30.7 Å². The Morgan fingerprint density at radius 1 is 1.07 bits per heavy atom. The van der Waals surface area contributed by atoms with E-state index in [4.69, 9.17) is 0 Å². The van der Waals surface area contributed by atoms with E-state index in [1.54, 1.807) is 11.9 Å². The number of hydrogen-bond acceptors (Lipinski definition) is 3. The Hall–Kier alpha value is -3.15. The quantitative estimate of drug-likeness (QED) is 0.700. The molecule has 1 N–H and O–H groups in total. The predicted octanol–water partition coefficient (Wildman–Crippen LogP) is 3.12. The van der Waals surface area contributed by atoms with E-state index in [0.29, 0.717) is 18.8 Å². The minimum absolute atomic E-state index is 0.0103. The molecule has 6 nitrogen and oxygen atoms in total. The van der Waals surface area contributed by atoms with Crippen molar-refractivity contribution in [3.05, 3.63) is 60.4 Å². The molecular weight excluding hydrogens is 340 g/mol. The number of imidazole rings is 1. The van der Waals surface area contributed by atoms with Gasteiger partial charge in [-0.3, -0.25) is 9.59 Å². The summed E-state index contributed by atoms with van der Waals surface area (Å²) in [5.41, 5.74) is 2.53. The minimum Gasteiger partial charge on any atom is -0.349 e. The first-order valence-electron chi connectivity index (χ1n) is 9.12. The van der Waals surface area contributed by atoms with Crippen LogP contribution in [0.1, 0.15) is 25.6 Å². The van der Waals surface area contributed by atoms with Crippen LogP contribution in [0, 0.1) is 0 Å². The van der Waals surface area contributed by atoms with Crippen molar-refractivity contribution in [2.24, 2.45) is 0 Å². The van der Waals surface area contributed by atoms with Crippen molar-refractivity contribution in [1.82, 2.24) is 14.9 Å². The highest BCUT2D eigenvalue weighted by Crippen LogP contribution is 2.18. The number of carbonyl (C=O) groups is 2. The fraction of sp³-hybridized carbons (Fsp3) is 0.286. The topological polar surface area (TPSA) is 67.2 Å². The average molecular weight is 364 g/mol. The second-order valence-electron chi connectivity index (χ2n) is 6.42. The zero-order valence-electron chi connectivity index (χ0n) is 15.7. The molecule has 2 amide bonds. The SMILES string of the molecule is CCCC(=O)NCc1nc2ccccc2n1CC(=O)N(C)c1ccccc1. The molecule has 2 aromatic carbocycles. The summed E-state index contributed by atoms with van der Waals surface area (Å²) in [6.07, 6.45) is 1.28. The van der Waals surface area contributed by atoms with E-state index in [-0.39, 0.29) is 18.4 Å². The van der Waals surface area contributed by atoms with Crippen LogP contribution < -0.4 is 10.2 Å². The highest BCUT2D eigenvalue weighted by molar-refractivity contribution is 5.93. The molecule has 3 aromatic rings. The summed E-state index contributed by atoms with van der Waals surface area (Å²) < 4.78 is 1.88. The Morgan fingerprint density at radius 3 is 2.52 bits per heavy atom. The molecule has 0 aliphatic carbocycles. The molecule has 0 radical (unpaired) electrons. The van der Waals surface area contributed by atoms with Gasteiger partial charge >= 0.3 is 0 Å². The third-order valence-corrected chi connectivity index (χ3v) is 4.47. The largest absolute Gasteiger partial charge is 0.349 e. The van der Waals surface area contributed by atoms with Crippen molar-refractivity contribution in [1.29, 1.82) is 0 Å². The summed E-state index contributed by atoms with van der Waals surface area (Å²) in [7, 11) is 1.76. The molecule has 0 aliphatic heterocycles. The molecule has 6 heteroatoms. The van der Waals surface area contributed by atoms with E-state index in [1.807, 2.05) is 66.1 Å². The summed E-state index contributed by atoms with van der Waals surface area (Å²) in [4.78, 5) is 30.9. The number of benzene rings is 2. The summed E-state index contributed by atoms with van der Waals surface area (Å²) in [6.45, 7) is 2.42. The Bertz CT molecular complexity index is 934. The van der Waals surface area contributed by atoms with Gasteiger partial charge in [-0.2, -0.15) is 0 Å². The van der Waals surface area contributed by atoms with E-state index in [9.17, 15) is 9.59 Å². The lowest BCUT2D eigenvalue weighted by atomic mass is 10.3. The fourth-order valence-electron chi connectivity index (χ4n) is 2.97. The maximum Gasteiger partial charge on any atom is 0.246 e. The lowest BCUT2D eigenvalue weighted by molar-refractivity contribution is -0.121. The number of likely N-dealkylation sites (N-methyl/N-ethyl adjacent to an activating group) is 1. The molecule has 1 aromatic heterocycles. The summed E-state index contributed by atoms with van der Waals surface area (Å²) in [5.74, 6) is 0.616. The smallest absolute Gasteiger partial charge is 0.246 e. The molecule has 3 rings (SSSR count). The number of carbonyl (C=O) groups excluding carboxylic acids is 2. The number of nitrogens with one attached hydrogen (secondary N) is 1. The van der Waals surface area contributed by atoms with Crippen molar-refractivity contribution in [3.8, 4) is 0 Å². The number of rotatable bonds is 7. The molecule has 0 saturated heterocycles. The molecule has 1 heterocycles. The van der Waals surface area contributed by atoms with Gasteiger partial charge < -0.3 is 14.8 Å². The number of para-hydroxylation sites is 3. The first-order chi connectivity index (χ1) is 13.1. The molecule has 0 fully saturated rings. The third-order valence-electron chi connectivity index (χ3n) is 4.47. The van der Waals surface area contributed by atoms with E-state index >= 15 is 0 Å². The Balaban J connectivity index is 1.84. The highest BCUT2D eigenvalue weighted by Gasteiger charge is 2.17. The number of aromatic nitrogens is 2. The normalized spacial score (nSPS) is 10.7. The van der Waals surface area contributed by atoms with Crippen molar-refractivity contribution in [2.45, 2.75) is 32.9 Å². The van der Waals surface area contributed by atoms with Crippen LogP contribution in [0.25, 0.3) is 11.0 Å². The second kappa shape index (κ2) is 8.49. The van der Waals surface area contributed by atoms with Gasteiger partial charge in [-0.25, -0.2) is 4.98 Å². The number of fused-ring (bicyclic) bond motifs is 1. The van der Waals surface area contributed by atoms with E-state index < -0.39 is 0 Å². The van der Waals surface area contributed by atoms with Gasteiger partial charge in [0.25, 0.3) is 0 Å². The molecule has 0 bridgehead atoms. The summed E-state index contributed by atoms with van der Waals surface area (Å²) >= 11 is 0. The molecule has 0 saturated carbocycles. The van der Waals surface area contributed by atoms with Gasteiger partial charge in [0.15, 0.2) is 0 Å². The number of anilines is 1. The number of amides is 2.